The maximum absolute atomic E-state index is 5.74. The Kier molecular flexibility index (Phi) is 4.85. The van der Waals surface area contributed by atoms with Crippen molar-refractivity contribution in [3.8, 4) is 12.3 Å². The average molecular weight is 277 g/mol. The van der Waals surface area contributed by atoms with Gasteiger partial charge >= 0.3 is 0 Å². The van der Waals surface area contributed by atoms with E-state index in [0.29, 0.717) is 0 Å². The minimum absolute atomic E-state index is 0. The zero-order valence-corrected chi connectivity index (χ0v) is 11.4. The summed E-state index contributed by atoms with van der Waals surface area (Å²) in [6.45, 7) is 0. The highest BCUT2D eigenvalue weighted by atomic mass is 14.7. The molecule has 1 aromatic carbocycles. The lowest BCUT2D eigenvalue weighted by molar-refractivity contribution is 0.851. The van der Waals surface area contributed by atoms with Gasteiger partial charge in [0, 0.05) is 18.9 Å². The Hall–Kier alpha value is -2.46. The number of aryl methyl sites for hydroxylation is 1. The van der Waals surface area contributed by atoms with Crippen molar-refractivity contribution in [1.82, 2.24) is 4.98 Å². The molecule has 0 bridgehead atoms. The average Bonchev–Trinajstić information content (AvgIpc) is 2.87. The fraction of sp³-hybridized carbons (Fsp3) is 0.200. The molecule has 0 aliphatic heterocycles. The molecular weight excluding hydrogens is 254 g/mol. The maximum Gasteiger partial charge on any atom is 0.0393 e. The summed E-state index contributed by atoms with van der Waals surface area (Å²) in [5.74, 6) is 2.83. The first-order chi connectivity index (χ1) is 9.88. The summed E-state index contributed by atoms with van der Waals surface area (Å²) in [4.78, 5) is 3.17. The van der Waals surface area contributed by atoms with Crippen molar-refractivity contribution in [3.63, 3.8) is 0 Å². The van der Waals surface area contributed by atoms with Gasteiger partial charge in [-0.25, -0.2) is 0 Å². The highest BCUT2D eigenvalue weighted by Gasteiger charge is 2.10. The summed E-state index contributed by atoms with van der Waals surface area (Å²) in [5.41, 5.74) is 5.78. The number of rotatable bonds is 2. The number of hydrogen-bond donors (Lipinski definition) is 1. The number of aromatic amines is 1. The molecule has 2 aromatic rings. The van der Waals surface area contributed by atoms with Crippen molar-refractivity contribution in [1.29, 1.82) is 0 Å². The van der Waals surface area contributed by atoms with E-state index < -0.39 is 0 Å². The van der Waals surface area contributed by atoms with Crippen molar-refractivity contribution < 1.29 is 1.43 Å². The number of fused-ring (bicyclic) bond motifs is 1. The van der Waals surface area contributed by atoms with Gasteiger partial charge in [-0.2, -0.15) is 0 Å². The molecule has 0 radical (unpaired) electrons. The lowest BCUT2D eigenvalue weighted by atomic mass is 9.94. The van der Waals surface area contributed by atoms with Crippen LogP contribution in [-0.4, -0.2) is 4.98 Å². The molecule has 3 rings (SSSR count). The first-order valence-electron chi connectivity index (χ1n) is 6.99. The largest absolute Gasteiger partial charge is 0.362 e. The van der Waals surface area contributed by atoms with Crippen LogP contribution >= 0.6 is 0 Å². The van der Waals surface area contributed by atoms with E-state index in [1.54, 1.807) is 0 Å². The molecule has 21 heavy (non-hydrogen) atoms. The highest BCUT2D eigenvalue weighted by molar-refractivity contribution is 5.93. The SMILES string of the molecule is C.C#C/C(=C\c1ccc[nH]1)c1cccc2c1C=CCCC2.[HH]. The molecule has 1 aliphatic rings. The zero-order chi connectivity index (χ0) is 13.8. The lowest BCUT2D eigenvalue weighted by Crippen LogP contribution is -1.94. The molecule has 1 aliphatic carbocycles. The first-order valence-corrected chi connectivity index (χ1v) is 6.99. The summed E-state index contributed by atoms with van der Waals surface area (Å²) in [6.07, 6.45) is 17.6. The Morgan fingerprint density at radius 2 is 2.19 bits per heavy atom. The van der Waals surface area contributed by atoms with E-state index in [-0.39, 0.29) is 8.85 Å². The Bertz CT molecular complexity index is 700. The fourth-order valence-electron chi connectivity index (χ4n) is 2.66. The Labute approximate surface area is 128 Å². The van der Waals surface area contributed by atoms with Gasteiger partial charge in [-0.15, -0.1) is 6.42 Å². The Morgan fingerprint density at radius 3 is 2.95 bits per heavy atom. The standard InChI is InChI=1S/C19H17N.CH4.H2/c1-2-15(14-17-10-7-13-20-17)18-12-6-9-16-8-4-3-5-11-19(16)18;;/h1,5-7,9-14,20H,3-4,8H2;1H4;1H/b15-14+;;. The summed E-state index contributed by atoms with van der Waals surface area (Å²) in [7, 11) is 0. The zero-order valence-electron chi connectivity index (χ0n) is 11.4. The van der Waals surface area contributed by atoms with Gasteiger partial charge in [0.05, 0.1) is 0 Å². The maximum atomic E-state index is 5.74. The topological polar surface area (TPSA) is 15.8 Å². The van der Waals surface area contributed by atoms with Gasteiger partial charge in [0.2, 0.25) is 0 Å². The highest BCUT2D eigenvalue weighted by Crippen LogP contribution is 2.28. The molecule has 0 saturated carbocycles. The molecule has 0 spiro atoms. The second-order valence-corrected chi connectivity index (χ2v) is 5.00. The van der Waals surface area contributed by atoms with Gasteiger partial charge in [0.25, 0.3) is 0 Å². The summed E-state index contributed by atoms with van der Waals surface area (Å²) in [5, 5.41) is 0. The van der Waals surface area contributed by atoms with Gasteiger partial charge in [-0.3, -0.25) is 0 Å². The van der Waals surface area contributed by atoms with E-state index in [1.165, 1.54) is 17.5 Å². The van der Waals surface area contributed by atoms with Crippen LogP contribution in [0.3, 0.4) is 0 Å². The van der Waals surface area contributed by atoms with Gasteiger partial charge in [0.15, 0.2) is 0 Å². The number of hydrogen-bond acceptors (Lipinski definition) is 0. The predicted octanol–water partition coefficient (Wildman–Crippen LogP) is 5.42. The van der Waals surface area contributed by atoms with E-state index in [1.807, 2.05) is 24.4 Å². The van der Waals surface area contributed by atoms with Crippen molar-refractivity contribution in [2.24, 2.45) is 0 Å². The fourth-order valence-corrected chi connectivity index (χ4v) is 2.66. The molecule has 1 heteroatoms. The molecule has 1 heterocycles. The van der Waals surface area contributed by atoms with E-state index >= 15 is 0 Å². The number of terminal acetylenes is 1. The molecule has 1 nitrogen and oxygen atoms in total. The second-order valence-electron chi connectivity index (χ2n) is 5.00. The van der Waals surface area contributed by atoms with E-state index in [4.69, 9.17) is 6.42 Å². The molecule has 0 atom stereocenters. The van der Waals surface area contributed by atoms with E-state index in [9.17, 15) is 0 Å². The van der Waals surface area contributed by atoms with Gasteiger partial charge < -0.3 is 4.98 Å². The number of aromatic nitrogens is 1. The van der Waals surface area contributed by atoms with Gasteiger partial charge in [-0.05, 0) is 54.2 Å². The van der Waals surface area contributed by atoms with Crippen molar-refractivity contribution in [2.75, 3.05) is 0 Å². The molecule has 108 valence electrons. The molecule has 1 aromatic heterocycles. The first kappa shape index (κ1) is 14.9. The van der Waals surface area contributed by atoms with Crippen LogP contribution < -0.4 is 0 Å². The third-order valence-electron chi connectivity index (χ3n) is 3.67. The lowest BCUT2D eigenvalue weighted by Gasteiger charge is -2.10. The number of allylic oxidation sites excluding steroid dienone is 2. The molecule has 0 fully saturated rings. The smallest absolute Gasteiger partial charge is 0.0393 e. The van der Waals surface area contributed by atoms with E-state index in [2.05, 4.69) is 41.3 Å². The summed E-state index contributed by atoms with van der Waals surface area (Å²) < 4.78 is 0. The summed E-state index contributed by atoms with van der Waals surface area (Å²) >= 11 is 0. The van der Waals surface area contributed by atoms with Crippen LogP contribution in [0.1, 0.15) is 44.1 Å². The van der Waals surface area contributed by atoms with Crippen LogP contribution in [0.25, 0.3) is 17.7 Å². The van der Waals surface area contributed by atoms with Crippen LogP contribution in [0.4, 0.5) is 0 Å². The van der Waals surface area contributed by atoms with Crippen LogP contribution in [-0.2, 0) is 6.42 Å². The van der Waals surface area contributed by atoms with Crippen LogP contribution in [0, 0.1) is 12.3 Å². The van der Waals surface area contributed by atoms with Crippen LogP contribution in [0.15, 0.2) is 42.6 Å². The predicted molar refractivity (Wildman–Crippen MR) is 94.8 cm³/mol. The minimum atomic E-state index is 0. The monoisotopic (exact) mass is 277 g/mol. The Balaban J connectivity index is 0.00000121. The van der Waals surface area contributed by atoms with Crippen LogP contribution in [0.2, 0.25) is 0 Å². The quantitative estimate of drug-likeness (QED) is 0.705. The Morgan fingerprint density at radius 1 is 1.29 bits per heavy atom. The molecule has 0 amide bonds. The molecule has 1 N–H and O–H groups in total. The summed E-state index contributed by atoms with van der Waals surface area (Å²) in [6, 6.07) is 10.4. The van der Waals surface area contributed by atoms with Gasteiger partial charge in [0.1, 0.15) is 0 Å². The van der Waals surface area contributed by atoms with Crippen molar-refractivity contribution in [2.45, 2.75) is 26.7 Å². The number of H-pyrrole nitrogens is 1. The van der Waals surface area contributed by atoms with Gasteiger partial charge in [-0.1, -0.05) is 43.7 Å². The van der Waals surface area contributed by atoms with E-state index in [0.717, 1.165) is 29.7 Å². The molecule has 0 saturated heterocycles. The molecular formula is C20H23N. The van der Waals surface area contributed by atoms with Crippen LogP contribution in [0.5, 0.6) is 0 Å². The van der Waals surface area contributed by atoms with Crippen molar-refractivity contribution in [3.05, 3.63) is 65.0 Å². The minimum Gasteiger partial charge on any atom is -0.362 e. The normalized spacial score (nSPS) is 13.8. The third kappa shape index (κ3) is 3.17. The number of benzene rings is 1. The number of nitrogens with one attached hydrogen (secondary N) is 1. The molecule has 0 unspecified atom stereocenters. The second kappa shape index (κ2) is 6.81. The van der Waals surface area contributed by atoms with Crippen molar-refractivity contribution >= 4 is 17.7 Å². The third-order valence-corrected chi connectivity index (χ3v) is 3.67.